The predicted octanol–water partition coefficient (Wildman–Crippen LogP) is -0.456. The minimum atomic E-state index is -0.149. The number of rotatable bonds is 3. The van der Waals surface area contributed by atoms with E-state index in [0.717, 1.165) is 25.2 Å². The van der Waals surface area contributed by atoms with E-state index in [0.29, 0.717) is 5.82 Å². The summed E-state index contributed by atoms with van der Waals surface area (Å²) >= 11 is 0. The molecule has 1 saturated heterocycles. The van der Waals surface area contributed by atoms with Gasteiger partial charge in [-0.05, 0) is 17.7 Å². The van der Waals surface area contributed by atoms with Gasteiger partial charge in [0.25, 0.3) is 0 Å². The topological polar surface area (TPSA) is 74.4 Å². The quantitative estimate of drug-likeness (QED) is 0.448. The zero-order valence-electron chi connectivity index (χ0n) is 7.85. The Morgan fingerprint density at radius 3 is 3.07 bits per heavy atom. The van der Waals surface area contributed by atoms with Crippen molar-refractivity contribution in [3.63, 3.8) is 0 Å². The second-order valence-corrected chi connectivity index (χ2v) is 3.54. The molecule has 5 heteroatoms. The first-order valence-corrected chi connectivity index (χ1v) is 4.60. The number of anilines is 1. The Morgan fingerprint density at radius 2 is 2.43 bits per heavy atom. The molecule has 0 bridgehead atoms. The van der Waals surface area contributed by atoms with Crippen LogP contribution < -0.4 is 11.3 Å². The Morgan fingerprint density at radius 1 is 1.64 bits per heavy atom. The van der Waals surface area contributed by atoms with Crippen LogP contribution in [0.2, 0.25) is 0 Å². The molecule has 76 valence electrons. The van der Waals surface area contributed by atoms with Gasteiger partial charge in [-0.2, -0.15) is 0 Å². The first kappa shape index (κ1) is 9.39. The third kappa shape index (κ3) is 2.01. The molecule has 0 atom stereocenters. The van der Waals surface area contributed by atoms with E-state index in [2.05, 4.69) is 15.3 Å². The van der Waals surface area contributed by atoms with Crippen molar-refractivity contribution in [2.75, 3.05) is 18.5 Å². The van der Waals surface area contributed by atoms with E-state index in [1.54, 1.807) is 6.20 Å². The molecule has 0 unspecified atom stereocenters. The first-order chi connectivity index (χ1) is 6.78. The third-order valence-corrected chi connectivity index (χ3v) is 2.32. The Bertz CT molecular complexity index is 311. The maximum absolute atomic E-state index is 9.11. The van der Waals surface area contributed by atoms with Crippen LogP contribution in [0.5, 0.6) is 0 Å². The molecule has 1 aliphatic heterocycles. The van der Waals surface area contributed by atoms with E-state index >= 15 is 0 Å². The van der Waals surface area contributed by atoms with Gasteiger partial charge in [0.15, 0.2) is 0 Å². The van der Waals surface area contributed by atoms with Crippen LogP contribution in [-0.2, 0) is 6.54 Å². The Balaban J connectivity index is 1.95. The monoisotopic (exact) mass is 194 g/mol. The number of pyridine rings is 1. The Labute approximate surface area is 82.5 Å². The van der Waals surface area contributed by atoms with Crippen molar-refractivity contribution in [2.45, 2.75) is 12.6 Å². The largest absolute Gasteiger partial charge is 0.390 e. The molecule has 5 nitrogen and oxygen atoms in total. The molecule has 2 heterocycles. The lowest BCUT2D eigenvalue weighted by molar-refractivity contribution is -0.00286. The lowest BCUT2D eigenvalue weighted by Crippen LogP contribution is -2.49. The number of hydrogen-bond acceptors (Lipinski definition) is 5. The molecular weight excluding hydrogens is 180 g/mol. The normalized spacial score (nSPS) is 17.9. The van der Waals surface area contributed by atoms with E-state index in [4.69, 9.17) is 10.9 Å². The van der Waals surface area contributed by atoms with Gasteiger partial charge >= 0.3 is 0 Å². The van der Waals surface area contributed by atoms with E-state index in [9.17, 15) is 0 Å². The van der Waals surface area contributed by atoms with Gasteiger partial charge < -0.3 is 10.5 Å². The highest BCUT2D eigenvalue weighted by Crippen LogP contribution is 2.14. The molecule has 0 aliphatic carbocycles. The maximum atomic E-state index is 9.11. The minimum absolute atomic E-state index is 0.149. The van der Waals surface area contributed by atoms with E-state index in [1.807, 2.05) is 12.1 Å². The Hall–Kier alpha value is -1.17. The van der Waals surface area contributed by atoms with Crippen LogP contribution in [0.3, 0.4) is 0 Å². The van der Waals surface area contributed by atoms with Crippen LogP contribution in [0.25, 0.3) is 0 Å². The summed E-state index contributed by atoms with van der Waals surface area (Å²) in [7, 11) is 0. The fourth-order valence-corrected chi connectivity index (χ4v) is 1.58. The van der Waals surface area contributed by atoms with Gasteiger partial charge in [0.05, 0.1) is 6.10 Å². The molecule has 2 rings (SSSR count). The zero-order chi connectivity index (χ0) is 9.97. The van der Waals surface area contributed by atoms with Gasteiger partial charge in [-0.3, -0.25) is 4.90 Å². The highest BCUT2D eigenvalue weighted by molar-refractivity contribution is 5.35. The van der Waals surface area contributed by atoms with Crippen LogP contribution in [0, 0.1) is 0 Å². The lowest BCUT2D eigenvalue weighted by Gasteiger charge is -2.35. The smallest absolute Gasteiger partial charge is 0.140 e. The van der Waals surface area contributed by atoms with Gasteiger partial charge in [0.2, 0.25) is 0 Å². The van der Waals surface area contributed by atoms with Crippen LogP contribution in [0.1, 0.15) is 5.56 Å². The van der Waals surface area contributed by atoms with Crippen molar-refractivity contribution in [2.24, 2.45) is 5.84 Å². The van der Waals surface area contributed by atoms with E-state index in [1.165, 1.54) is 0 Å². The standard InChI is InChI=1S/C9H14N4O/c10-12-9-3-7(1-2-11-9)4-13-5-8(14)6-13/h1-3,8,14H,4-6,10H2,(H,11,12). The number of nitrogens with two attached hydrogens (primary N) is 1. The summed E-state index contributed by atoms with van der Waals surface area (Å²) in [5.41, 5.74) is 3.66. The van der Waals surface area contributed by atoms with Crippen molar-refractivity contribution in [3.8, 4) is 0 Å². The molecule has 4 N–H and O–H groups in total. The van der Waals surface area contributed by atoms with Gasteiger partial charge in [-0.25, -0.2) is 10.8 Å². The number of aromatic nitrogens is 1. The minimum Gasteiger partial charge on any atom is -0.390 e. The third-order valence-electron chi connectivity index (χ3n) is 2.32. The molecule has 0 amide bonds. The highest BCUT2D eigenvalue weighted by Gasteiger charge is 2.23. The number of hydrazine groups is 1. The van der Waals surface area contributed by atoms with Crippen molar-refractivity contribution in [1.82, 2.24) is 9.88 Å². The molecule has 0 saturated carbocycles. The molecule has 1 fully saturated rings. The number of nitrogens with one attached hydrogen (secondary N) is 1. The maximum Gasteiger partial charge on any atom is 0.140 e. The first-order valence-electron chi connectivity index (χ1n) is 4.60. The number of aliphatic hydroxyl groups excluding tert-OH is 1. The molecule has 14 heavy (non-hydrogen) atoms. The average molecular weight is 194 g/mol. The molecule has 1 aromatic heterocycles. The number of nitrogens with zero attached hydrogens (tertiary/aromatic N) is 2. The second kappa shape index (κ2) is 3.91. The summed E-state index contributed by atoms with van der Waals surface area (Å²) in [6.07, 6.45) is 1.57. The van der Waals surface area contributed by atoms with Crippen molar-refractivity contribution >= 4 is 5.82 Å². The second-order valence-electron chi connectivity index (χ2n) is 3.54. The van der Waals surface area contributed by atoms with Crippen molar-refractivity contribution in [1.29, 1.82) is 0 Å². The van der Waals surface area contributed by atoms with Gasteiger partial charge in [0.1, 0.15) is 5.82 Å². The summed E-state index contributed by atoms with van der Waals surface area (Å²) in [5, 5.41) is 9.11. The van der Waals surface area contributed by atoms with E-state index < -0.39 is 0 Å². The molecule has 0 radical (unpaired) electrons. The van der Waals surface area contributed by atoms with Gasteiger partial charge in [-0.1, -0.05) is 0 Å². The van der Waals surface area contributed by atoms with Crippen molar-refractivity contribution < 1.29 is 5.11 Å². The molecule has 0 spiro atoms. The number of hydrogen-bond donors (Lipinski definition) is 3. The molecule has 1 aliphatic rings. The predicted molar refractivity (Wildman–Crippen MR) is 53.3 cm³/mol. The summed E-state index contributed by atoms with van der Waals surface area (Å²) in [5.74, 6) is 5.92. The summed E-state index contributed by atoms with van der Waals surface area (Å²) in [6, 6.07) is 3.86. The van der Waals surface area contributed by atoms with Gasteiger partial charge in [-0.15, -0.1) is 0 Å². The fraction of sp³-hybridized carbons (Fsp3) is 0.444. The van der Waals surface area contributed by atoms with Crippen LogP contribution in [0.4, 0.5) is 5.82 Å². The van der Waals surface area contributed by atoms with Crippen molar-refractivity contribution in [3.05, 3.63) is 23.9 Å². The summed E-state index contributed by atoms with van der Waals surface area (Å²) in [6.45, 7) is 2.36. The van der Waals surface area contributed by atoms with Crippen LogP contribution in [-0.4, -0.2) is 34.2 Å². The molecule has 0 aromatic carbocycles. The number of likely N-dealkylation sites (tertiary alicyclic amines) is 1. The molecular formula is C9H14N4O. The SMILES string of the molecule is NNc1cc(CN2CC(O)C2)ccn1. The highest BCUT2D eigenvalue weighted by atomic mass is 16.3. The van der Waals surface area contributed by atoms with Crippen LogP contribution in [0.15, 0.2) is 18.3 Å². The summed E-state index contributed by atoms with van der Waals surface area (Å²) < 4.78 is 0. The number of β-amino-alcohol motifs (C(OH)–C–C–N with tert-alkyl or cyclic N) is 1. The lowest BCUT2D eigenvalue weighted by atomic mass is 10.1. The Kier molecular flexibility index (Phi) is 2.62. The van der Waals surface area contributed by atoms with Crippen LogP contribution >= 0.6 is 0 Å². The van der Waals surface area contributed by atoms with E-state index in [-0.39, 0.29) is 6.10 Å². The summed E-state index contributed by atoms with van der Waals surface area (Å²) in [4.78, 5) is 6.19. The number of aliphatic hydroxyl groups is 1. The zero-order valence-corrected chi connectivity index (χ0v) is 7.85. The fourth-order valence-electron chi connectivity index (χ4n) is 1.58. The van der Waals surface area contributed by atoms with Gasteiger partial charge in [0, 0.05) is 25.8 Å². The molecule has 1 aromatic rings. The number of nitrogen functional groups attached to an aromatic ring is 1. The average Bonchev–Trinajstić information content (AvgIpc) is 2.16.